The first-order chi connectivity index (χ1) is 10.7. The number of rotatable bonds is 3. The zero-order valence-corrected chi connectivity index (χ0v) is 13.1. The van der Waals surface area contributed by atoms with Crippen molar-refractivity contribution in [3.8, 4) is 0 Å². The molecular weight excluding hydrogens is 278 g/mol. The normalized spacial score (nSPS) is 17.1. The van der Waals surface area contributed by atoms with Crippen LogP contribution in [0, 0.1) is 12.8 Å². The van der Waals surface area contributed by atoms with Gasteiger partial charge in [-0.05, 0) is 31.7 Å². The first-order valence-corrected chi connectivity index (χ1v) is 8.24. The van der Waals surface area contributed by atoms with Crippen molar-refractivity contribution >= 4 is 17.0 Å². The summed E-state index contributed by atoms with van der Waals surface area (Å²) in [7, 11) is 0. The molecule has 2 heterocycles. The second-order valence-electron chi connectivity index (χ2n) is 6.27. The molecule has 2 aromatic heterocycles. The summed E-state index contributed by atoms with van der Waals surface area (Å²) in [5, 5.41) is 7.73. The van der Waals surface area contributed by atoms with Crippen LogP contribution in [0.2, 0.25) is 0 Å². The number of fused-ring (bicyclic) bond motifs is 1. The van der Waals surface area contributed by atoms with Crippen molar-refractivity contribution in [3.63, 3.8) is 0 Å². The average Bonchev–Trinajstić information content (AvgIpc) is 2.87. The predicted molar refractivity (Wildman–Crippen MR) is 84.7 cm³/mol. The van der Waals surface area contributed by atoms with Gasteiger partial charge >= 0.3 is 0 Å². The van der Waals surface area contributed by atoms with Crippen LogP contribution in [0.1, 0.15) is 61.0 Å². The Hall–Kier alpha value is -1.91. The average molecular weight is 301 g/mol. The minimum Gasteiger partial charge on any atom is -0.352 e. The van der Waals surface area contributed by atoms with Crippen molar-refractivity contribution < 1.29 is 9.32 Å². The van der Waals surface area contributed by atoms with Crippen molar-refractivity contribution in [2.24, 2.45) is 5.92 Å². The molecule has 2 aromatic rings. The molecule has 0 aromatic carbocycles. The van der Waals surface area contributed by atoms with Crippen LogP contribution in [0.5, 0.6) is 0 Å². The fourth-order valence-electron chi connectivity index (χ4n) is 3.15. The van der Waals surface area contributed by atoms with Crippen molar-refractivity contribution in [1.29, 1.82) is 0 Å². The molecule has 0 bridgehead atoms. The number of nitrogens with one attached hydrogen (secondary N) is 1. The standard InChI is InChI=1S/C17H23N3O2/c1-12-15-9-14(11-19-17(15)22-20-12)16(21)18-10-13-7-5-3-2-4-6-8-13/h9,11,13H,2-8,10H2,1H3,(H,18,21). The van der Waals surface area contributed by atoms with Gasteiger partial charge in [0.2, 0.25) is 0 Å². The van der Waals surface area contributed by atoms with Gasteiger partial charge in [-0.3, -0.25) is 4.79 Å². The molecule has 1 N–H and O–H groups in total. The molecule has 1 fully saturated rings. The second kappa shape index (κ2) is 6.90. The molecule has 0 saturated heterocycles. The van der Waals surface area contributed by atoms with Gasteiger partial charge in [-0.15, -0.1) is 0 Å². The van der Waals surface area contributed by atoms with Crippen LogP contribution in [-0.2, 0) is 0 Å². The van der Waals surface area contributed by atoms with Crippen molar-refractivity contribution in [1.82, 2.24) is 15.5 Å². The maximum atomic E-state index is 12.3. The minimum absolute atomic E-state index is 0.0583. The van der Waals surface area contributed by atoms with E-state index in [1.54, 1.807) is 6.20 Å². The third-order valence-electron chi connectivity index (χ3n) is 4.55. The molecule has 3 rings (SSSR count). The number of pyridine rings is 1. The fourth-order valence-corrected chi connectivity index (χ4v) is 3.15. The molecule has 0 unspecified atom stereocenters. The quantitative estimate of drug-likeness (QED) is 0.940. The molecule has 0 spiro atoms. The smallest absolute Gasteiger partial charge is 0.257 e. The summed E-state index contributed by atoms with van der Waals surface area (Å²) in [5.41, 5.74) is 1.82. The van der Waals surface area contributed by atoms with E-state index >= 15 is 0 Å². The van der Waals surface area contributed by atoms with E-state index in [9.17, 15) is 4.79 Å². The summed E-state index contributed by atoms with van der Waals surface area (Å²) in [5.74, 6) is 0.551. The fraction of sp³-hybridized carbons (Fsp3) is 0.588. The number of hydrogen-bond acceptors (Lipinski definition) is 4. The molecule has 0 aliphatic heterocycles. The summed E-state index contributed by atoms with van der Waals surface area (Å²) < 4.78 is 5.07. The van der Waals surface area contributed by atoms with Gasteiger partial charge in [-0.1, -0.05) is 37.3 Å². The molecule has 5 nitrogen and oxygen atoms in total. The third-order valence-corrected chi connectivity index (χ3v) is 4.55. The lowest BCUT2D eigenvalue weighted by molar-refractivity contribution is 0.0944. The Labute approximate surface area is 130 Å². The maximum absolute atomic E-state index is 12.3. The van der Waals surface area contributed by atoms with Crippen LogP contribution in [0.15, 0.2) is 16.8 Å². The Morgan fingerprint density at radius 3 is 2.77 bits per heavy atom. The lowest BCUT2D eigenvalue weighted by Crippen LogP contribution is -2.29. The molecule has 1 amide bonds. The number of aromatic nitrogens is 2. The molecular formula is C17H23N3O2. The van der Waals surface area contributed by atoms with Gasteiger partial charge < -0.3 is 9.84 Å². The van der Waals surface area contributed by atoms with Crippen LogP contribution < -0.4 is 5.32 Å². The lowest BCUT2D eigenvalue weighted by Gasteiger charge is -2.19. The van der Waals surface area contributed by atoms with Gasteiger partial charge in [0.25, 0.3) is 11.6 Å². The number of amides is 1. The number of aryl methyl sites for hydroxylation is 1. The van der Waals surface area contributed by atoms with Crippen LogP contribution in [0.25, 0.3) is 11.1 Å². The number of nitrogens with zero attached hydrogens (tertiary/aromatic N) is 2. The van der Waals surface area contributed by atoms with Crippen molar-refractivity contribution in [2.75, 3.05) is 6.54 Å². The first-order valence-electron chi connectivity index (χ1n) is 8.24. The monoisotopic (exact) mass is 301 g/mol. The molecule has 1 aliphatic carbocycles. The molecule has 22 heavy (non-hydrogen) atoms. The predicted octanol–water partition coefficient (Wildman–Crippen LogP) is 3.62. The molecule has 0 atom stereocenters. The van der Waals surface area contributed by atoms with E-state index in [1.807, 2.05) is 13.0 Å². The molecule has 1 aliphatic rings. The van der Waals surface area contributed by atoms with E-state index in [1.165, 1.54) is 44.9 Å². The Morgan fingerprint density at radius 2 is 2.00 bits per heavy atom. The molecule has 1 saturated carbocycles. The Bertz CT molecular complexity index is 642. The topological polar surface area (TPSA) is 68.0 Å². The van der Waals surface area contributed by atoms with Gasteiger partial charge in [0.05, 0.1) is 16.6 Å². The van der Waals surface area contributed by atoms with Crippen molar-refractivity contribution in [2.45, 2.75) is 51.9 Å². The molecule has 5 heteroatoms. The summed E-state index contributed by atoms with van der Waals surface area (Å²) in [6.45, 7) is 2.61. The minimum atomic E-state index is -0.0583. The van der Waals surface area contributed by atoms with Crippen LogP contribution in [0.3, 0.4) is 0 Å². The molecule has 0 radical (unpaired) electrons. The highest BCUT2D eigenvalue weighted by molar-refractivity contribution is 5.96. The van der Waals surface area contributed by atoms with Gasteiger partial charge in [-0.25, -0.2) is 4.98 Å². The highest BCUT2D eigenvalue weighted by atomic mass is 16.5. The number of carbonyl (C=O) groups is 1. The SMILES string of the molecule is Cc1noc2ncc(C(=O)NCC3CCCCCCC3)cc12. The van der Waals surface area contributed by atoms with Crippen LogP contribution in [-0.4, -0.2) is 22.6 Å². The van der Waals surface area contributed by atoms with Gasteiger partial charge in [0.1, 0.15) is 0 Å². The Balaban J connectivity index is 1.61. The molecule has 118 valence electrons. The van der Waals surface area contributed by atoms with E-state index in [2.05, 4.69) is 15.5 Å². The van der Waals surface area contributed by atoms with E-state index in [4.69, 9.17) is 4.52 Å². The van der Waals surface area contributed by atoms with Gasteiger partial charge in [0, 0.05) is 12.7 Å². The van der Waals surface area contributed by atoms with E-state index in [0.29, 0.717) is 17.2 Å². The summed E-state index contributed by atoms with van der Waals surface area (Å²) in [6.07, 6.45) is 10.6. The summed E-state index contributed by atoms with van der Waals surface area (Å²) in [4.78, 5) is 16.5. The number of hydrogen-bond donors (Lipinski definition) is 1. The first kappa shape index (κ1) is 15.0. The van der Waals surface area contributed by atoms with Gasteiger partial charge in [-0.2, -0.15) is 0 Å². The number of carbonyl (C=O) groups excluding carboxylic acids is 1. The highest BCUT2D eigenvalue weighted by Crippen LogP contribution is 2.22. The van der Waals surface area contributed by atoms with Crippen LogP contribution in [0.4, 0.5) is 0 Å². The van der Waals surface area contributed by atoms with Crippen molar-refractivity contribution in [3.05, 3.63) is 23.5 Å². The lowest BCUT2D eigenvalue weighted by atomic mass is 9.91. The maximum Gasteiger partial charge on any atom is 0.257 e. The Morgan fingerprint density at radius 1 is 1.27 bits per heavy atom. The summed E-state index contributed by atoms with van der Waals surface area (Å²) in [6, 6.07) is 1.81. The van der Waals surface area contributed by atoms with E-state index in [-0.39, 0.29) is 5.91 Å². The van der Waals surface area contributed by atoms with Gasteiger partial charge in [0.15, 0.2) is 0 Å². The van der Waals surface area contributed by atoms with E-state index < -0.39 is 0 Å². The third kappa shape index (κ3) is 3.46. The summed E-state index contributed by atoms with van der Waals surface area (Å²) >= 11 is 0. The zero-order chi connectivity index (χ0) is 15.4. The van der Waals surface area contributed by atoms with E-state index in [0.717, 1.165) is 17.6 Å². The zero-order valence-electron chi connectivity index (χ0n) is 13.1. The highest BCUT2D eigenvalue weighted by Gasteiger charge is 2.15. The second-order valence-corrected chi connectivity index (χ2v) is 6.27. The van der Waals surface area contributed by atoms with Crippen LogP contribution >= 0.6 is 0 Å². The Kier molecular flexibility index (Phi) is 4.71. The largest absolute Gasteiger partial charge is 0.352 e.